The molecule has 3 N–H and O–H groups in total. The van der Waals surface area contributed by atoms with E-state index in [0.29, 0.717) is 30.7 Å². The van der Waals surface area contributed by atoms with Gasteiger partial charge in [0.05, 0.1) is 11.0 Å². The first-order valence-corrected chi connectivity index (χ1v) is 12.5. The van der Waals surface area contributed by atoms with Crippen LogP contribution in [-0.4, -0.2) is 69.6 Å². The number of esters is 2. The molecule has 9 heteroatoms. The van der Waals surface area contributed by atoms with Crippen LogP contribution < -0.4 is 4.74 Å². The summed E-state index contributed by atoms with van der Waals surface area (Å²) in [7, 11) is 1.99. The zero-order valence-corrected chi connectivity index (χ0v) is 20.6. The maximum absolute atomic E-state index is 13.5. The van der Waals surface area contributed by atoms with Gasteiger partial charge in [-0.15, -0.1) is 0 Å². The molecule has 2 aromatic carbocycles. The molecule has 0 radical (unpaired) electrons. The summed E-state index contributed by atoms with van der Waals surface area (Å²) in [6, 6.07) is 11.7. The van der Waals surface area contributed by atoms with Gasteiger partial charge in [-0.1, -0.05) is 36.4 Å². The number of aliphatic hydroxyl groups excluding tert-OH is 1. The van der Waals surface area contributed by atoms with Crippen LogP contribution in [0, 0.1) is 0 Å². The maximum Gasteiger partial charge on any atom is 0.357 e. The molecule has 4 aliphatic rings. The van der Waals surface area contributed by atoms with Crippen molar-refractivity contribution in [1.29, 1.82) is 0 Å². The molecule has 6 rings (SSSR count). The lowest BCUT2D eigenvalue weighted by molar-refractivity contribution is -0.178. The molecule has 0 saturated carbocycles. The minimum atomic E-state index is -1.42. The zero-order valence-electron chi connectivity index (χ0n) is 20.6. The van der Waals surface area contributed by atoms with E-state index in [4.69, 9.17) is 14.2 Å². The van der Waals surface area contributed by atoms with Crippen molar-refractivity contribution in [2.45, 2.75) is 61.6 Å². The number of piperidine rings is 1. The molecule has 2 aliphatic carbocycles. The van der Waals surface area contributed by atoms with Crippen molar-refractivity contribution in [2.24, 2.45) is 0 Å². The Balaban J connectivity index is 1.39. The number of hydrogen-bond acceptors (Lipinski definition) is 9. The van der Waals surface area contributed by atoms with Crippen LogP contribution in [0.15, 0.2) is 54.3 Å². The van der Waals surface area contributed by atoms with Crippen molar-refractivity contribution >= 4 is 11.9 Å². The summed E-state index contributed by atoms with van der Waals surface area (Å²) in [6.07, 6.45) is -0.638. The molecule has 9 nitrogen and oxygen atoms in total. The number of rotatable bonds is 5. The minimum Gasteiger partial charge on any atom is -0.504 e. The smallest absolute Gasteiger partial charge is 0.357 e. The average Bonchev–Trinajstić information content (AvgIpc) is 3.24. The summed E-state index contributed by atoms with van der Waals surface area (Å²) < 4.78 is 17.5. The van der Waals surface area contributed by atoms with Crippen molar-refractivity contribution in [3.63, 3.8) is 0 Å². The second kappa shape index (κ2) is 8.31. The van der Waals surface area contributed by atoms with E-state index >= 15 is 0 Å². The second-order valence-electron chi connectivity index (χ2n) is 10.4. The van der Waals surface area contributed by atoms with Crippen LogP contribution in [0.5, 0.6) is 11.5 Å². The largest absolute Gasteiger partial charge is 0.504 e. The van der Waals surface area contributed by atoms with Gasteiger partial charge in [0.2, 0.25) is 6.10 Å². The first-order valence-electron chi connectivity index (χ1n) is 12.5. The number of benzene rings is 2. The van der Waals surface area contributed by atoms with E-state index in [1.165, 1.54) is 6.92 Å². The van der Waals surface area contributed by atoms with Gasteiger partial charge in [0, 0.05) is 23.6 Å². The van der Waals surface area contributed by atoms with Crippen molar-refractivity contribution < 1.29 is 39.1 Å². The summed E-state index contributed by atoms with van der Waals surface area (Å²) in [5.41, 5.74) is 0.0716. The van der Waals surface area contributed by atoms with E-state index in [0.717, 1.165) is 11.1 Å². The van der Waals surface area contributed by atoms with Gasteiger partial charge in [-0.05, 0) is 51.1 Å². The lowest BCUT2D eigenvalue weighted by Crippen LogP contribution is -2.74. The number of phenols is 1. The van der Waals surface area contributed by atoms with Gasteiger partial charge in [0.25, 0.3) is 0 Å². The Morgan fingerprint density at radius 3 is 2.65 bits per heavy atom. The third-order valence-corrected chi connectivity index (χ3v) is 8.46. The van der Waals surface area contributed by atoms with Crippen LogP contribution >= 0.6 is 0 Å². The number of aromatic hydroxyl groups is 1. The van der Waals surface area contributed by atoms with Crippen LogP contribution in [0.1, 0.15) is 42.6 Å². The summed E-state index contributed by atoms with van der Waals surface area (Å²) in [6.45, 7) is 1.95. The van der Waals surface area contributed by atoms with E-state index < -0.39 is 41.3 Å². The first kappa shape index (κ1) is 24.0. The van der Waals surface area contributed by atoms with E-state index in [1.807, 2.05) is 13.1 Å². The monoisotopic (exact) mass is 507 g/mol. The van der Waals surface area contributed by atoms with Crippen molar-refractivity contribution in [1.82, 2.24) is 4.90 Å². The van der Waals surface area contributed by atoms with Crippen LogP contribution in [0.2, 0.25) is 0 Å². The minimum absolute atomic E-state index is 0.0269. The number of ether oxygens (including phenoxy) is 3. The predicted octanol–water partition coefficient (Wildman–Crippen LogP) is 1.88. The molecule has 2 bridgehead atoms. The van der Waals surface area contributed by atoms with Crippen molar-refractivity contribution in [2.75, 3.05) is 13.6 Å². The Labute approximate surface area is 213 Å². The summed E-state index contributed by atoms with van der Waals surface area (Å²) in [5.74, 6) is -1.32. The zero-order chi connectivity index (χ0) is 26.1. The molecular formula is C28H29NO8. The van der Waals surface area contributed by atoms with Crippen LogP contribution in [-0.2, 0) is 30.9 Å². The third kappa shape index (κ3) is 3.27. The standard InChI is InChI=1S/C28H29NO8/c1-15(30)25(32)37-22(16-6-4-3-5-7-16)26(33)35-19-10-11-28(34)20-14-17-8-9-18(31)23-21(17)27(28,24(19)36-23)12-13-29(20)2/h3-10,15,20,22,24,30-31,34H,11-14H2,1-2H3/t15-,20+,22-,24?,27?,28+/m0/s1. The van der Waals surface area contributed by atoms with Gasteiger partial charge in [-0.25, -0.2) is 9.59 Å². The summed E-state index contributed by atoms with van der Waals surface area (Å²) >= 11 is 0. The highest BCUT2D eigenvalue weighted by molar-refractivity contribution is 5.83. The summed E-state index contributed by atoms with van der Waals surface area (Å²) in [4.78, 5) is 27.8. The third-order valence-electron chi connectivity index (χ3n) is 8.46. The van der Waals surface area contributed by atoms with Gasteiger partial charge in [-0.2, -0.15) is 0 Å². The van der Waals surface area contributed by atoms with Gasteiger partial charge >= 0.3 is 11.9 Å². The molecule has 1 spiro atoms. The second-order valence-corrected chi connectivity index (χ2v) is 10.4. The topological polar surface area (TPSA) is 126 Å². The number of carbonyl (C=O) groups excluding carboxylic acids is 2. The number of likely N-dealkylation sites (N-methyl/N-ethyl adjacent to an activating group) is 1. The number of hydrogen-bond donors (Lipinski definition) is 3. The normalized spacial score (nSPS) is 30.9. The van der Waals surface area contributed by atoms with Crippen LogP contribution in [0.3, 0.4) is 0 Å². The first-order chi connectivity index (χ1) is 17.7. The fraction of sp³-hybridized carbons (Fsp3) is 0.429. The number of aliphatic hydroxyl groups is 2. The predicted molar refractivity (Wildman–Crippen MR) is 130 cm³/mol. The molecular weight excluding hydrogens is 478 g/mol. The Morgan fingerprint density at radius 1 is 1.16 bits per heavy atom. The van der Waals surface area contributed by atoms with E-state index in [2.05, 4.69) is 4.90 Å². The van der Waals surface area contributed by atoms with Gasteiger partial charge < -0.3 is 34.4 Å². The highest BCUT2D eigenvalue weighted by Gasteiger charge is 2.72. The molecule has 2 aromatic rings. The van der Waals surface area contributed by atoms with Gasteiger partial charge in [0.1, 0.15) is 11.9 Å². The van der Waals surface area contributed by atoms with E-state index in [1.54, 1.807) is 42.5 Å². The van der Waals surface area contributed by atoms with Crippen LogP contribution in [0.25, 0.3) is 0 Å². The Hall–Kier alpha value is -3.40. The average molecular weight is 508 g/mol. The molecule has 0 aromatic heterocycles. The molecule has 2 aliphatic heterocycles. The molecule has 194 valence electrons. The lowest BCUT2D eigenvalue weighted by Gasteiger charge is -2.61. The van der Waals surface area contributed by atoms with Gasteiger partial charge in [-0.3, -0.25) is 0 Å². The molecule has 1 fully saturated rings. The Bertz CT molecular complexity index is 1310. The van der Waals surface area contributed by atoms with E-state index in [-0.39, 0.29) is 24.0 Å². The van der Waals surface area contributed by atoms with Gasteiger partial charge in [0.15, 0.2) is 17.6 Å². The van der Waals surface area contributed by atoms with Crippen molar-refractivity contribution in [3.8, 4) is 11.5 Å². The molecule has 0 amide bonds. The number of likely N-dealkylation sites (tertiary alicyclic amines) is 1. The quantitative estimate of drug-likeness (QED) is 0.520. The van der Waals surface area contributed by atoms with E-state index in [9.17, 15) is 24.9 Å². The van der Waals surface area contributed by atoms with Crippen molar-refractivity contribution in [3.05, 3.63) is 71.0 Å². The lowest BCUT2D eigenvalue weighted by atomic mass is 9.50. The number of carbonyl (C=O) groups is 2. The molecule has 6 atom stereocenters. The SMILES string of the molecule is C[C@H](O)C(=O)O[C@H](C(=O)OC1=CC[C@@]2(O)[C@H]3Cc4ccc(O)c5c4C2(CCN3C)C1O5)c1ccccc1. The highest BCUT2D eigenvalue weighted by Crippen LogP contribution is 2.65. The summed E-state index contributed by atoms with van der Waals surface area (Å²) in [5, 5.41) is 32.5. The fourth-order valence-electron chi connectivity index (χ4n) is 6.70. The Morgan fingerprint density at radius 2 is 1.92 bits per heavy atom. The molecule has 37 heavy (non-hydrogen) atoms. The fourth-order valence-corrected chi connectivity index (χ4v) is 6.70. The van der Waals surface area contributed by atoms with Crippen LogP contribution in [0.4, 0.5) is 0 Å². The molecule has 1 saturated heterocycles. The maximum atomic E-state index is 13.5. The highest BCUT2D eigenvalue weighted by atomic mass is 16.6. The molecule has 2 unspecified atom stereocenters. The molecule has 2 heterocycles. The Kier molecular flexibility index (Phi) is 5.38. The number of nitrogens with zero attached hydrogens (tertiary/aromatic N) is 1. The number of phenolic OH excluding ortho intramolecular Hbond substituents is 1.